The van der Waals surface area contributed by atoms with Crippen molar-refractivity contribution >= 4 is 22.4 Å². The molecule has 0 aliphatic rings. The molecule has 0 amide bonds. The summed E-state index contributed by atoms with van der Waals surface area (Å²) in [6.45, 7) is 5.30. The van der Waals surface area contributed by atoms with Gasteiger partial charge in [-0.05, 0) is 25.6 Å². The molecule has 0 saturated heterocycles. The molecule has 0 saturated carbocycles. The Hall–Kier alpha value is -1.29. The molecular formula is C16H20ClNO2. The van der Waals surface area contributed by atoms with E-state index in [2.05, 4.69) is 5.32 Å². The zero-order chi connectivity index (χ0) is 14.6. The van der Waals surface area contributed by atoms with Crippen LogP contribution in [0, 0.1) is 0 Å². The second-order valence-electron chi connectivity index (χ2n) is 5.16. The van der Waals surface area contributed by atoms with Crippen LogP contribution in [0.3, 0.4) is 0 Å². The number of aliphatic hydroxyl groups is 1. The number of rotatable bonds is 6. The summed E-state index contributed by atoms with van der Waals surface area (Å²) in [5, 5.41) is 16.0. The number of hydrogen-bond acceptors (Lipinski definition) is 3. The molecule has 4 heteroatoms. The van der Waals surface area contributed by atoms with Gasteiger partial charge in [-0.2, -0.15) is 0 Å². The van der Waals surface area contributed by atoms with Crippen molar-refractivity contribution in [3.05, 3.63) is 41.4 Å². The highest BCUT2D eigenvalue weighted by atomic mass is 35.5. The monoisotopic (exact) mass is 293 g/mol. The van der Waals surface area contributed by atoms with E-state index in [9.17, 15) is 5.11 Å². The van der Waals surface area contributed by atoms with Gasteiger partial charge < -0.3 is 15.2 Å². The molecule has 108 valence electrons. The van der Waals surface area contributed by atoms with Crippen LogP contribution in [0.15, 0.2) is 36.4 Å². The summed E-state index contributed by atoms with van der Waals surface area (Å²) < 4.78 is 5.79. The third-order valence-corrected chi connectivity index (χ3v) is 3.45. The van der Waals surface area contributed by atoms with Crippen LogP contribution in [0.25, 0.3) is 10.8 Å². The first kappa shape index (κ1) is 15.1. The molecule has 2 rings (SSSR count). The number of likely N-dealkylation sites (N-methyl/N-ethyl adjacent to an activating group) is 1. The zero-order valence-electron chi connectivity index (χ0n) is 11.8. The maximum atomic E-state index is 10.2. The minimum absolute atomic E-state index is 0.228. The van der Waals surface area contributed by atoms with Crippen LogP contribution in [0.4, 0.5) is 0 Å². The first-order chi connectivity index (χ1) is 9.53. The van der Waals surface area contributed by atoms with Crippen molar-refractivity contribution in [2.24, 2.45) is 0 Å². The van der Waals surface area contributed by atoms with Crippen molar-refractivity contribution in [2.75, 3.05) is 19.7 Å². The number of nitrogens with one attached hydrogen (secondary N) is 1. The average Bonchev–Trinajstić information content (AvgIpc) is 2.45. The maximum absolute atomic E-state index is 10.2. The fourth-order valence-corrected chi connectivity index (χ4v) is 2.27. The van der Waals surface area contributed by atoms with Gasteiger partial charge in [-0.25, -0.2) is 0 Å². The van der Waals surface area contributed by atoms with Gasteiger partial charge in [-0.3, -0.25) is 0 Å². The normalized spacial score (nSPS) is 14.2. The lowest BCUT2D eigenvalue weighted by atomic mass is 10.1. The standard InChI is InChI=1S/C16H20ClNO2/c1-3-18-10-16(2,19)11-20-15-9-8-14(17)12-6-4-5-7-13(12)15/h4-9,18-19H,3,10-11H2,1-2H3. The predicted molar refractivity (Wildman–Crippen MR) is 83.6 cm³/mol. The van der Waals surface area contributed by atoms with Gasteiger partial charge in [0.05, 0.1) is 0 Å². The van der Waals surface area contributed by atoms with E-state index in [1.165, 1.54) is 0 Å². The van der Waals surface area contributed by atoms with Crippen molar-refractivity contribution in [3.63, 3.8) is 0 Å². The lowest BCUT2D eigenvalue weighted by Gasteiger charge is -2.24. The minimum Gasteiger partial charge on any atom is -0.490 e. The third-order valence-electron chi connectivity index (χ3n) is 3.13. The van der Waals surface area contributed by atoms with Crippen LogP contribution in [0.2, 0.25) is 5.02 Å². The van der Waals surface area contributed by atoms with Gasteiger partial charge in [0, 0.05) is 22.3 Å². The molecule has 0 radical (unpaired) electrons. The van der Waals surface area contributed by atoms with Gasteiger partial charge in [0.25, 0.3) is 0 Å². The highest BCUT2D eigenvalue weighted by molar-refractivity contribution is 6.35. The first-order valence-corrected chi connectivity index (χ1v) is 7.14. The third kappa shape index (κ3) is 3.63. The Morgan fingerprint density at radius 1 is 1.20 bits per heavy atom. The Kier molecular flexibility index (Phi) is 4.86. The fourth-order valence-electron chi connectivity index (χ4n) is 2.04. The van der Waals surface area contributed by atoms with Crippen LogP contribution in [-0.2, 0) is 0 Å². The molecule has 1 atom stereocenters. The van der Waals surface area contributed by atoms with Crippen LogP contribution >= 0.6 is 11.6 Å². The predicted octanol–water partition coefficient (Wildman–Crippen LogP) is 3.23. The number of benzene rings is 2. The van der Waals surface area contributed by atoms with E-state index in [1.807, 2.05) is 43.3 Å². The summed E-state index contributed by atoms with van der Waals surface area (Å²) in [5.41, 5.74) is -0.906. The lowest BCUT2D eigenvalue weighted by molar-refractivity contribution is 0.0132. The zero-order valence-corrected chi connectivity index (χ0v) is 12.6. The first-order valence-electron chi connectivity index (χ1n) is 6.76. The molecule has 0 heterocycles. The van der Waals surface area contributed by atoms with Gasteiger partial charge in [0.15, 0.2) is 0 Å². The van der Waals surface area contributed by atoms with Crippen LogP contribution in [-0.4, -0.2) is 30.4 Å². The van der Waals surface area contributed by atoms with E-state index in [4.69, 9.17) is 16.3 Å². The van der Waals surface area contributed by atoms with E-state index >= 15 is 0 Å². The second kappa shape index (κ2) is 6.44. The summed E-state index contributed by atoms with van der Waals surface area (Å²) in [4.78, 5) is 0. The molecule has 1 unspecified atom stereocenters. The van der Waals surface area contributed by atoms with Crippen molar-refractivity contribution < 1.29 is 9.84 Å². The molecule has 0 fully saturated rings. The Morgan fingerprint density at radius 3 is 2.60 bits per heavy atom. The molecule has 20 heavy (non-hydrogen) atoms. The number of hydrogen-bond donors (Lipinski definition) is 2. The Balaban J connectivity index is 2.16. The smallest absolute Gasteiger partial charge is 0.127 e. The lowest BCUT2D eigenvalue weighted by Crippen LogP contribution is -2.42. The molecule has 2 N–H and O–H groups in total. The van der Waals surface area contributed by atoms with E-state index in [0.717, 1.165) is 23.1 Å². The van der Waals surface area contributed by atoms with Gasteiger partial charge in [-0.1, -0.05) is 42.8 Å². The van der Waals surface area contributed by atoms with Crippen molar-refractivity contribution in [1.82, 2.24) is 5.32 Å². The van der Waals surface area contributed by atoms with E-state index in [0.29, 0.717) is 11.6 Å². The summed E-state index contributed by atoms with van der Waals surface area (Å²) in [6, 6.07) is 11.5. The molecule has 2 aromatic carbocycles. The van der Waals surface area contributed by atoms with Crippen molar-refractivity contribution in [1.29, 1.82) is 0 Å². The second-order valence-corrected chi connectivity index (χ2v) is 5.56. The topological polar surface area (TPSA) is 41.5 Å². The molecule has 2 aromatic rings. The molecule has 3 nitrogen and oxygen atoms in total. The molecular weight excluding hydrogens is 274 g/mol. The number of ether oxygens (including phenoxy) is 1. The molecule has 0 bridgehead atoms. The Labute approximate surface area is 124 Å². The molecule has 0 spiro atoms. The van der Waals surface area contributed by atoms with E-state index in [1.54, 1.807) is 6.92 Å². The largest absolute Gasteiger partial charge is 0.490 e. The van der Waals surface area contributed by atoms with E-state index in [-0.39, 0.29) is 6.61 Å². The van der Waals surface area contributed by atoms with E-state index < -0.39 is 5.60 Å². The minimum atomic E-state index is -0.906. The average molecular weight is 294 g/mol. The summed E-state index contributed by atoms with van der Waals surface area (Å²) in [5.74, 6) is 0.738. The highest BCUT2D eigenvalue weighted by Gasteiger charge is 2.21. The summed E-state index contributed by atoms with van der Waals surface area (Å²) in [7, 11) is 0. The van der Waals surface area contributed by atoms with Gasteiger partial charge in [0.1, 0.15) is 18.0 Å². The molecule has 0 aromatic heterocycles. The van der Waals surface area contributed by atoms with Gasteiger partial charge >= 0.3 is 0 Å². The van der Waals surface area contributed by atoms with Crippen molar-refractivity contribution in [3.8, 4) is 5.75 Å². The fraction of sp³-hybridized carbons (Fsp3) is 0.375. The van der Waals surface area contributed by atoms with Crippen molar-refractivity contribution in [2.45, 2.75) is 19.4 Å². The quantitative estimate of drug-likeness (QED) is 0.859. The summed E-state index contributed by atoms with van der Waals surface area (Å²) in [6.07, 6.45) is 0. The highest BCUT2D eigenvalue weighted by Crippen LogP contribution is 2.31. The maximum Gasteiger partial charge on any atom is 0.127 e. The number of halogens is 1. The SMILES string of the molecule is CCNCC(C)(O)COc1ccc(Cl)c2ccccc12. The van der Waals surface area contributed by atoms with Gasteiger partial charge in [0.2, 0.25) is 0 Å². The number of fused-ring (bicyclic) bond motifs is 1. The van der Waals surface area contributed by atoms with Crippen LogP contribution in [0.1, 0.15) is 13.8 Å². The Bertz CT molecular complexity index is 584. The Morgan fingerprint density at radius 2 is 1.90 bits per heavy atom. The summed E-state index contributed by atoms with van der Waals surface area (Å²) >= 11 is 6.17. The van der Waals surface area contributed by atoms with Crippen LogP contribution in [0.5, 0.6) is 5.75 Å². The van der Waals surface area contributed by atoms with Crippen LogP contribution < -0.4 is 10.1 Å². The van der Waals surface area contributed by atoms with Gasteiger partial charge in [-0.15, -0.1) is 0 Å². The molecule has 0 aliphatic carbocycles. The molecule has 0 aliphatic heterocycles.